The van der Waals surface area contributed by atoms with Gasteiger partial charge in [-0.3, -0.25) is 4.79 Å². The lowest BCUT2D eigenvalue weighted by Crippen LogP contribution is -1.95. The van der Waals surface area contributed by atoms with Gasteiger partial charge in [-0.1, -0.05) is 12.1 Å². The molecule has 0 aliphatic carbocycles. The summed E-state index contributed by atoms with van der Waals surface area (Å²) in [7, 11) is 0. The van der Waals surface area contributed by atoms with Crippen molar-refractivity contribution in [1.29, 1.82) is 0 Å². The summed E-state index contributed by atoms with van der Waals surface area (Å²) in [6.07, 6.45) is 2.17. The Balaban J connectivity index is 0.000000235. The average Bonchev–Trinajstić information content (AvgIpc) is 2.51. The van der Waals surface area contributed by atoms with Gasteiger partial charge < -0.3 is 5.11 Å². The number of rotatable bonds is 3. The van der Waals surface area contributed by atoms with Gasteiger partial charge in [-0.25, -0.2) is 13.6 Å². The van der Waals surface area contributed by atoms with Crippen LogP contribution >= 0.6 is 0 Å². The molecule has 22 heavy (non-hydrogen) atoms. The molecule has 0 saturated heterocycles. The summed E-state index contributed by atoms with van der Waals surface area (Å²) in [6, 6.07) is 11.0. The minimum atomic E-state index is -0.968. The lowest BCUT2D eigenvalue weighted by atomic mass is 10.1. The maximum absolute atomic E-state index is 12.4. The first kappa shape index (κ1) is 17.2. The molecule has 2 rings (SSSR count). The first-order valence-corrected chi connectivity index (χ1v) is 6.30. The quantitative estimate of drug-likeness (QED) is 0.690. The Hall–Kier alpha value is -2.82. The van der Waals surface area contributed by atoms with E-state index in [1.807, 2.05) is 0 Å². The molecular formula is C17H14F2O3. The molecular weight excluding hydrogens is 290 g/mol. The van der Waals surface area contributed by atoms with Crippen LogP contribution in [0.2, 0.25) is 0 Å². The average molecular weight is 304 g/mol. The monoisotopic (exact) mass is 304 g/mol. The number of aliphatic carboxylic acids is 1. The normalized spacial score (nSPS) is 10.4. The van der Waals surface area contributed by atoms with E-state index in [2.05, 4.69) is 0 Å². The fourth-order valence-corrected chi connectivity index (χ4v) is 1.41. The first-order chi connectivity index (χ1) is 10.4. The fourth-order valence-electron chi connectivity index (χ4n) is 1.41. The zero-order valence-electron chi connectivity index (χ0n) is 11.8. The predicted octanol–water partition coefficient (Wildman–Crippen LogP) is 3.95. The van der Waals surface area contributed by atoms with Crippen LogP contribution in [0.15, 0.2) is 54.1 Å². The number of carboxylic acid groups (broad SMARTS) is 1. The van der Waals surface area contributed by atoms with Crippen LogP contribution < -0.4 is 0 Å². The minimum absolute atomic E-state index is 0.228. The Bertz CT molecular complexity index is 659. The van der Waals surface area contributed by atoms with E-state index in [9.17, 15) is 18.4 Å². The van der Waals surface area contributed by atoms with Crippen molar-refractivity contribution >= 4 is 18.3 Å². The standard InChI is InChI=1S/C10H9FO2.C7H5FO/c1-7(10(12)13)6-8-2-4-9(11)5-3-8;8-7-3-1-6(5-9)2-4-7/h2-6H,1H3,(H,12,13);1-5H/b7-6+;. The molecule has 0 amide bonds. The fraction of sp³-hybridized carbons (Fsp3) is 0.0588. The third-order valence-electron chi connectivity index (χ3n) is 2.60. The van der Waals surface area contributed by atoms with Crippen molar-refractivity contribution in [3.05, 3.63) is 76.9 Å². The second-order valence-corrected chi connectivity index (χ2v) is 4.35. The third-order valence-corrected chi connectivity index (χ3v) is 2.60. The molecule has 0 unspecified atom stereocenters. The second-order valence-electron chi connectivity index (χ2n) is 4.35. The number of hydrogen-bond acceptors (Lipinski definition) is 2. The van der Waals surface area contributed by atoms with Crippen LogP contribution in [-0.4, -0.2) is 17.4 Å². The summed E-state index contributed by atoms with van der Waals surface area (Å²) < 4.78 is 24.6. The van der Waals surface area contributed by atoms with E-state index in [1.165, 1.54) is 61.5 Å². The van der Waals surface area contributed by atoms with Crippen LogP contribution in [0, 0.1) is 11.6 Å². The molecule has 5 heteroatoms. The molecule has 0 heterocycles. The maximum Gasteiger partial charge on any atom is 0.331 e. The third kappa shape index (κ3) is 6.09. The summed E-state index contributed by atoms with van der Waals surface area (Å²) in [4.78, 5) is 20.4. The van der Waals surface area contributed by atoms with Crippen molar-refractivity contribution in [2.24, 2.45) is 0 Å². The lowest BCUT2D eigenvalue weighted by Gasteiger charge is -1.94. The Morgan fingerprint density at radius 2 is 1.32 bits per heavy atom. The van der Waals surface area contributed by atoms with Crippen molar-refractivity contribution in [3.8, 4) is 0 Å². The molecule has 0 atom stereocenters. The Morgan fingerprint density at radius 1 is 0.909 bits per heavy atom. The molecule has 0 spiro atoms. The van der Waals surface area contributed by atoms with Crippen molar-refractivity contribution < 1.29 is 23.5 Å². The number of carbonyl (C=O) groups is 2. The summed E-state index contributed by atoms with van der Waals surface area (Å²) in [6.45, 7) is 1.49. The smallest absolute Gasteiger partial charge is 0.331 e. The highest BCUT2D eigenvalue weighted by Gasteiger charge is 1.99. The van der Waals surface area contributed by atoms with E-state index in [1.54, 1.807) is 0 Å². The van der Waals surface area contributed by atoms with Crippen LogP contribution in [0.25, 0.3) is 6.08 Å². The van der Waals surface area contributed by atoms with Crippen molar-refractivity contribution in [3.63, 3.8) is 0 Å². The van der Waals surface area contributed by atoms with Gasteiger partial charge >= 0.3 is 5.97 Å². The Morgan fingerprint density at radius 3 is 1.68 bits per heavy atom. The van der Waals surface area contributed by atoms with E-state index in [-0.39, 0.29) is 17.2 Å². The SMILES string of the molecule is C/C(=C\c1ccc(F)cc1)C(=O)O.O=Cc1ccc(F)cc1. The highest BCUT2D eigenvalue weighted by atomic mass is 19.1. The zero-order valence-corrected chi connectivity index (χ0v) is 11.8. The van der Waals surface area contributed by atoms with Gasteiger partial charge in [-0.2, -0.15) is 0 Å². The van der Waals surface area contributed by atoms with Crippen molar-refractivity contribution in [1.82, 2.24) is 0 Å². The van der Waals surface area contributed by atoms with Crippen LogP contribution in [0.3, 0.4) is 0 Å². The minimum Gasteiger partial charge on any atom is -0.478 e. The predicted molar refractivity (Wildman–Crippen MR) is 79.5 cm³/mol. The van der Waals surface area contributed by atoms with E-state index >= 15 is 0 Å². The van der Waals surface area contributed by atoms with E-state index in [0.29, 0.717) is 17.4 Å². The Labute approximate surface area is 126 Å². The topological polar surface area (TPSA) is 54.4 Å². The maximum atomic E-state index is 12.4. The lowest BCUT2D eigenvalue weighted by molar-refractivity contribution is -0.132. The van der Waals surface area contributed by atoms with Gasteiger partial charge in [-0.15, -0.1) is 0 Å². The zero-order chi connectivity index (χ0) is 16.5. The van der Waals surface area contributed by atoms with E-state index < -0.39 is 5.97 Å². The van der Waals surface area contributed by atoms with Gasteiger partial charge in [0.15, 0.2) is 0 Å². The number of benzene rings is 2. The van der Waals surface area contributed by atoms with Crippen molar-refractivity contribution in [2.75, 3.05) is 0 Å². The summed E-state index contributed by atoms with van der Waals surface area (Å²) in [5.74, 6) is -1.62. The Kier molecular flexibility index (Phi) is 6.63. The van der Waals surface area contributed by atoms with E-state index in [0.717, 1.165) is 0 Å². The van der Waals surface area contributed by atoms with Crippen LogP contribution in [0.4, 0.5) is 8.78 Å². The number of halogens is 2. The number of carboxylic acids is 1. The van der Waals surface area contributed by atoms with Gasteiger partial charge in [0.2, 0.25) is 0 Å². The van der Waals surface area contributed by atoms with Crippen LogP contribution in [0.5, 0.6) is 0 Å². The molecule has 0 bridgehead atoms. The van der Waals surface area contributed by atoms with Gasteiger partial charge in [0.05, 0.1) is 0 Å². The summed E-state index contributed by atoms with van der Waals surface area (Å²) in [5.41, 5.74) is 1.41. The molecule has 0 aliphatic rings. The van der Waals surface area contributed by atoms with Crippen LogP contribution in [-0.2, 0) is 4.79 Å². The summed E-state index contributed by atoms with van der Waals surface area (Å²) in [5, 5.41) is 8.56. The number of carbonyl (C=O) groups excluding carboxylic acids is 1. The molecule has 0 saturated carbocycles. The molecule has 0 radical (unpaired) electrons. The molecule has 114 valence electrons. The number of aldehydes is 1. The summed E-state index contributed by atoms with van der Waals surface area (Å²) >= 11 is 0. The van der Waals surface area contributed by atoms with Crippen LogP contribution in [0.1, 0.15) is 22.8 Å². The molecule has 2 aromatic carbocycles. The largest absolute Gasteiger partial charge is 0.478 e. The molecule has 3 nitrogen and oxygen atoms in total. The highest BCUT2D eigenvalue weighted by molar-refractivity contribution is 5.91. The number of hydrogen-bond donors (Lipinski definition) is 1. The second kappa shape index (κ2) is 8.46. The first-order valence-electron chi connectivity index (χ1n) is 6.30. The van der Waals surface area contributed by atoms with E-state index in [4.69, 9.17) is 5.11 Å². The van der Waals surface area contributed by atoms with Gasteiger partial charge in [0.25, 0.3) is 0 Å². The highest BCUT2D eigenvalue weighted by Crippen LogP contribution is 2.07. The van der Waals surface area contributed by atoms with Gasteiger partial charge in [-0.05, 0) is 55.0 Å². The molecule has 0 aliphatic heterocycles. The molecule has 0 fully saturated rings. The molecule has 1 N–H and O–H groups in total. The molecule has 0 aromatic heterocycles. The molecule has 2 aromatic rings. The van der Waals surface area contributed by atoms with Gasteiger partial charge in [0, 0.05) is 11.1 Å². The van der Waals surface area contributed by atoms with Crippen molar-refractivity contribution in [2.45, 2.75) is 6.92 Å². The van der Waals surface area contributed by atoms with Gasteiger partial charge in [0.1, 0.15) is 17.9 Å².